The van der Waals surface area contributed by atoms with Gasteiger partial charge in [0.1, 0.15) is 0 Å². The quantitative estimate of drug-likeness (QED) is 0.802. The first-order chi connectivity index (χ1) is 7.93. The normalized spacial score (nSPS) is 20.8. The molecule has 6 nitrogen and oxygen atoms in total. The van der Waals surface area contributed by atoms with Crippen molar-refractivity contribution >= 4 is 11.9 Å². The Bertz CT molecular complexity index is 422. The minimum absolute atomic E-state index is 0.107. The molecule has 0 saturated carbocycles. The fourth-order valence-electron chi connectivity index (χ4n) is 1.71. The number of rotatable bonds is 2. The second-order valence-corrected chi connectivity index (χ2v) is 5.19. The van der Waals surface area contributed by atoms with Crippen molar-refractivity contribution in [2.75, 3.05) is 18.1 Å². The number of urea groups is 1. The maximum atomic E-state index is 11.6. The van der Waals surface area contributed by atoms with Gasteiger partial charge in [-0.25, -0.2) is 4.79 Å². The molecule has 17 heavy (non-hydrogen) atoms. The maximum absolute atomic E-state index is 11.6. The number of hydrogen-bond acceptors (Lipinski definition) is 4. The number of amides is 2. The Morgan fingerprint density at radius 3 is 2.88 bits per heavy atom. The molecule has 1 aromatic heterocycles. The highest BCUT2D eigenvalue weighted by atomic mass is 16.5. The van der Waals surface area contributed by atoms with E-state index in [0.29, 0.717) is 12.4 Å². The molecule has 0 spiro atoms. The number of nitrogens with one attached hydrogen (secondary N) is 1. The largest absolute Gasteiger partial charge is 0.394 e. The van der Waals surface area contributed by atoms with Gasteiger partial charge in [-0.15, -0.1) is 0 Å². The summed E-state index contributed by atoms with van der Waals surface area (Å²) in [5.74, 6) is 0.379. The molecule has 2 heterocycles. The highest BCUT2D eigenvalue weighted by molar-refractivity contribution is 5.93. The molecule has 1 saturated heterocycles. The Morgan fingerprint density at radius 1 is 1.65 bits per heavy atom. The summed E-state index contributed by atoms with van der Waals surface area (Å²) in [5.41, 5.74) is 0.649. The molecule has 6 heteroatoms. The molecule has 2 amide bonds. The van der Waals surface area contributed by atoms with E-state index in [-0.39, 0.29) is 24.1 Å². The van der Waals surface area contributed by atoms with Gasteiger partial charge in [0.25, 0.3) is 0 Å². The average molecular weight is 239 g/mol. The van der Waals surface area contributed by atoms with Crippen LogP contribution in [0.4, 0.5) is 10.7 Å². The lowest BCUT2D eigenvalue weighted by atomic mass is 9.92. The number of aliphatic hydroxyl groups is 1. The van der Waals surface area contributed by atoms with Crippen molar-refractivity contribution in [1.29, 1.82) is 0 Å². The molecule has 2 rings (SSSR count). The van der Waals surface area contributed by atoms with Crippen LogP contribution < -0.4 is 10.2 Å². The third-order valence-corrected chi connectivity index (χ3v) is 2.79. The SMILES string of the molecule is CC(C)(C)c1cc(N2C(=O)NCC2CO)on1. The summed E-state index contributed by atoms with van der Waals surface area (Å²) in [7, 11) is 0. The number of carbonyl (C=O) groups is 1. The van der Waals surface area contributed by atoms with Crippen LogP contribution in [0.5, 0.6) is 0 Å². The van der Waals surface area contributed by atoms with E-state index in [1.807, 2.05) is 20.8 Å². The van der Waals surface area contributed by atoms with E-state index in [1.54, 1.807) is 6.07 Å². The van der Waals surface area contributed by atoms with Crippen LogP contribution in [0.3, 0.4) is 0 Å². The van der Waals surface area contributed by atoms with Crippen LogP contribution in [0.1, 0.15) is 26.5 Å². The van der Waals surface area contributed by atoms with Gasteiger partial charge in [-0.3, -0.25) is 4.90 Å². The zero-order valence-corrected chi connectivity index (χ0v) is 10.2. The predicted octanol–water partition coefficient (Wildman–Crippen LogP) is 0.863. The van der Waals surface area contributed by atoms with Gasteiger partial charge in [0, 0.05) is 18.0 Å². The molecule has 1 aliphatic heterocycles. The second kappa shape index (κ2) is 4.03. The van der Waals surface area contributed by atoms with Gasteiger partial charge in [0.15, 0.2) is 0 Å². The van der Waals surface area contributed by atoms with Crippen molar-refractivity contribution in [3.8, 4) is 0 Å². The van der Waals surface area contributed by atoms with E-state index < -0.39 is 0 Å². The third-order valence-electron chi connectivity index (χ3n) is 2.79. The average Bonchev–Trinajstić information content (AvgIpc) is 2.82. The zero-order chi connectivity index (χ0) is 12.6. The smallest absolute Gasteiger partial charge is 0.324 e. The van der Waals surface area contributed by atoms with Crippen molar-refractivity contribution in [3.05, 3.63) is 11.8 Å². The van der Waals surface area contributed by atoms with Crippen LogP contribution in [0.2, 0.25) is 0 Å². The molecule has 0 aliphatic carbocycles. The van der Waals surface area contributed by atoms with E-state index in [9.17, 15) is 9.90 Å². The molecule has 1 aliphatic rings. The Kier molecular flexibility index (Phi) is 2.82. The lowest BCUT2D eigenvalue weighted by molar-refractivity contribution is 0.244. The molecular weight excluding hydrogens is 222 g/mol. The first-order valence-corrected chi connectivity index (χ1v) is 5.58. The van der Waals surface area contributed by atoms with Crippen molar-refractivity contribution in [1.82, 2.24) is 10.5 Å². The lowest BCUT2D eigenvalue weighted by Crippen LogP contribution is -2.36. The van der Waals surface area contributed by atoms with Gasteiger partial charge >= 0.3 is 6.03 Å². The van der Waals surface area contributed by atoms with E-state index in [1.165, 1.54) is 4.90 Å². The third kappa shape index (κ3) is 2.12. The summed E-state index contributed by atoms with van der Waals surface area (Å²) in [6.07, 6.45) is 0. The Morgan fingerprint density at radius 2 is 2.35 bits per heavy atom. The zero-order valence-electron chi connectivity index (χ0n) is 10.2. The number of carbonyl (C=O) groups excluding carboxylic acids is 1. The minimum atomic E-state index is -0.289. The van der Waals surface area contributed by atoms with Gasteiger partial charge in [-0.1, -0.05) is 25.9 Å². The summed E-state index contributed by atoms with van der Waals surface area (Å²) >= 11 is 0. The molecule has 1 atom stereocenters. The molecule has 1 aromatic rings. The highest BCUT2D eigenvalue weighted by Gasteiger charge is 2.34. The second-order valence-electron chi connectivity index (χ2n) is 5.19. The standard InChI is InChI=1S/C11H17N3O3/c1-11(2,3)8-4-9(17-13-8)14-7(6-15)5-12-10(14)16/h4,7,15H,5-6H2,1-3H3,(H,12,16). The van der Waals surface area contributed by atoms with Gasteiger partial charge < -0.3 is 14.9 Å². The first-order valence-electron chi connectivity index (χ1n) is 5.58. The van der Waals surface area contributed by atoms with E-state index in [2.05, 4.69) is 10.5 Å². The molecule has 0 radical (unpaired) electrons. The van der Waals surface area contributed by atoms with Gasteiger partial charge in [-0.05, 0) is 0 Å². The molecule has 1 fully saturated rings. The molecule has 94 valence electrons. The van der Waals surface area contributed by atoms with Crippen LogP contribution in [0, 0.1) is 0 Å². The van der Waals surface area contributed by atoms with E-state index >= 15 is 0 Å². The van der Waals surface area contributed by atoms with Crippen molar-refractivity contribution < 1.29 is 14.4 Å². The van der Waals surface area contributed by atoms with Crippen LogP contribution in [0.25, 0.3) is 0 Å². The fourth-order valence-corrected chi connectivity index (χ4v) is 1.71. The topological polar surface area (TPSA) is 78.6 Å². The van der Waals surface area contributed by atoms with Crippen LogP contribution in [-0.2, 0) is 5.41 Å². The van der Waals surface area contributed by atoms with E-state index in [4.69, 9.17) is 4.52 Å². The molecule has 0 aromatic carbocycles. The molecule has 2 N–H and O–H groups in total. The van der Waals surface area contributed by atoms with Gasteiger partial charge in [-0.2, -0.15) is 0 Å². The number of aliphatic hydroxyl groups excluding tert-OH is 1. The number of nitrogens with zero attached hydrogens (tertiary/aromatic N) is 2. The number of aromatic nitrogens is 1. The maximum Gasteiger partial charge on any atom is 0.324 e. The molecule has 1 unspecified atom stereocenters. The van der Waals surface area contributed by atoms with E-state index in [0.717, 1.165) is 5.69 Å². The number of anilines is 1. The van der Waals surface area contributed by atoms with Crippen LogP contribution in [0.15, 0.2) is 10.6 Å². The van der Waals surface area contributed by atoms with Gasteiger partial charge in [0.2, 0.25) is 5.88 Å². The summed E-state index contributed by atoms with van der Waals surface area (Å²) in [6, 6.07) is 1.19. The lowest BCUT2D eigenvalue weighted by Gasteiger charge is -2.17. The summed E-state index contributed by atoms with van der Waals surface area (Å²) < 4.78 is 5.18. The van der Waals surface area contributed by atoms with Crippen molar-refractivity contribution in [2.45, 2.75) is 32.2 Å². The van der Waals surface area contributed by atoms with Crippen molar-refractivity contribution in [3.63, 3.8) is 0 Å². The Hall–Kier alpha value is -1.56. The molecular formula is C11H17N3O3. The summed E-state index contributed by atoms with van der Waals surface area (Å²) in [4.78, 5) is 13.0. The molecule has 0 bridgehead atoms. The summed E-state index contributed by atoms with van der Waals surface area (Å²) in [6.45, 7) is 6.36. The highest BCUT2D eigenvalue weighted by Crippen LogP contribution is 2.27. The minimum Gasteiger partial charge on any atom is -0.394 e. The van der Waals surface area contributed by atoms with Crippen LogP contribution in [-0.4, -0.2) is 35.5 Å². The van der Waals surface area contributed by atoms with Crippen LogP contribution >= 0.6 is 0 Å². The Balaban J connectivity index is 2.28. The predicted molar refractivity (Wildman–Crippen MR) is 62.0 cm³/mol. The summed E-state index contributed by atoms with van der Waals surface area (Å²) in [5, 5.41) is 15.8. The monoisotopic (exact) mass is 239 g/mol. The Labute approximate surface area is 99.6 Å². The fraction of sp³-hybridized carbons (Fsp3) is 0.636. The van der Waals surface area contributed by atoms with Crippen molar-refractivity contribution in [2.24, 2.45) is 0 Å². The van der Waals surface area contributed by atoms with Gasteiger partial charge in [0.05, 0.1) is 18.3 Å². The first kappa shape index (κ1) is 11.9. The number of hydrogen-bond donors (Lipinski definition) is 2.